The van der Waals surface area contributed by atoms with Crippen LogP contribution in [0.4, 0.5) is 0 Å². The molecule has 32 heavy (non-hydrogen) atoms. The molecule has 2 aromatic carbocycles. The molecule has 0 fully saturated rings. The number of aryl methyl sites for hydroxylation is 2. The van der Waals surface area contributed by atoms with Gasteiger partial charge in [0.05, 0.1) is 11.4 Å². The first kappa shape index (κ1) is 19.6. The maximum Gasteiger partial charge on any atom is 0.130 e. The Morgan fingerprint density at radius 3 is 2.34 bits per heavy atom. The predicted molar refractivity (Wildman–Crippen MR) is 124 cm³/mol. The Hall–Kier alpha value is -4.35. The smallest absolute Gasteiger partial charge is 0.130 e. The molecule has 5 rings (SSSR count). The molecule has 0 radical (unpaired) electrons. The summed E-state index contributed by atoms with van der Waals surface area (Å²) in [6.45, 7) is 4.12. The van der Waals surface area contributed by atoms with Crippen LogP contribution in [-0.4, -0.2) is 14.3 Å². The Balaban J connectivity index is 1.78. The number of hydrogen-bond donors (Lipinski definition) is 0. The molecule has 0 aliphatic heterocycles. The van der Waals surface area contributed by atoms with Crippen LogP contribution >= 0.6 is 0 Å². The highest BCUT2D eigenvalue weighted by Gasteiger charge is 2.29. The molecule has 0 saturated carbocycles. The van der Waals surface area contributed by atoms with Crippen molar-refractivity contribution in [1.82, 2.24) is 14.3 Å². The quantitative estimate of drug-likeness (QED) is 0.416. The second kappa shape index (κ2) is 7.72. The van der Waals surface area contributed by atoms with Crippen LogP contribution < -0.4 is 0 Å². The van der Waals surface area contributed by atoms with Gasteiger partial charge in [-0.05, 0) is 62.6 Å². The van der Waals surface area contributed by atoms with Gasteiger partial charge in [-0.2, -0.15) is 15.6 Å². The second-order valence-corrected chi connectivity index (χ2v) is 8.06. The maximum absolute atomic E-state index is 9.42. The molecule has 0 N–H and O–H groups in total. The lowest BCUT2D eigenvalue weighted by molar-refractivity contribution is 0.839. The van der Waals surface area contributed by atoms with Crippen molar-refractivity contribution in [2.75, 3.05) is 0 Å². The first-order valence-corrected chi connectivity index (χ1v) is 10.6. The average molecular weight is 416 g/mol. The van der Waals surface area contributed by atoms with Crippen LogP contribution in [-0.2, 0) is 12.8 Å². The molecule has 1 aliphatic carbocycles. The Morgan fingerprint density at radius 1 is 0.938 bits per heavy atom. The van der Waals surface area contributed by atoms with Crippen molar-refractivity contribution < 1.29 is 0 Å². The van der Waals surface area contributed by atoms with E-state index in [0.29, 0.717) is 0 Å². The first-order valence-electron chi connectivity index (χ1n) is 10.6. The van der Waals surface area contributed by atoms with Crippen LogP contribution in [0.1, 0.15) is 28.1 Å². The van der Waals surface area contributed by atoms with Crippen molar-refractivity contribution in [3.8, 4) is 34.8 Å². The van der Waals surface area contributed by atoms with E-state index in [9.17, 15) is 10.5 Å². The van der Waals surface area contributed by atoms with Crippen LogP contribution in [0.2, 0.25) is 0 Å². The molecule has 0 unspecified atom stereocenters. The highest BCUT2D eigenvalue weighted by Crippen LogP contribution is 2.41. The summed E-state index contributed by atoms with van der Waals surface area (Å²) < 4.78 is 4.17. The average Bonchev–Trinajstić information content (AvgIpc) is 3.37. The predicted octanol–water partition coefficient (Wildman–Crippen LogP) is 5.48. The van der Waals surface area contributed by atoms with Gasteiger partial charge in [-0.25, -0.2) is 4.68 Å². The van der Waals surface area contributed by atoms with Gasteiger partial charge in [0.15, 0.2) is 0 Å². The summed E-state index contributed by atoms with van der Waals surface area (Å²) >= 11 is 0. The van der Waals surface area contributed by atoms with E-state index in [-0.39, 0.29) is 5.57 Å². The SMILES string of the molecule is Cc1ccc(-n2c(C)c(C=C(C#N)C#N)c3c2CCc2cn(-c4ccccc4)nc2-3)cc1. The topological polar surface area (TPSA) is 70.3 Å². The van der Waals surface area contributed by atoms with Gasteiger partial charge in [0.2, 0.25) is 0 Å². The van der Waals surface area contributed by atoms with Crippen LogP contribution in [0.3, 0.4) is 0 Å². The molecule has 0 bridgehead atoms. The van der Waals surface area contributed by atoms with Gasteiger partial charge in [-0.15, -0.1) is 0 Å². The molecular formula is C27H21N5. The Bertz CT molecular complexity index is 1420. The molecule has 0 saturated heterocycles. The van der Waals surface area contributed by atoms with E-state index in [4.69, 9.17) is 5.10 Å². The number of nitrogens with zero attached hydrogens (tertiary/aromatic N) is 5. The summed E-state index contributed by atoms with van der Waals surface area (Å²) in [6.07, 6.45) is 5.54. The van der Waals surface area contributed by atoms with Crippen LogP contribution in [0, 0.1) is 36.5 Å². The minimum Gasteiger partial charge on any atom is -0.317 e. The number of fused-ring (bicyclic) bond motifs is 3. The van der Waals surface area contributed by atoms with Crippen molar-refractivity contribution in [2.45, 2.75) is 26.7 Å². The molecule has 0 amide bonds. The van der Waals surface area contributed by atoms with Gasteiger partial charge in [0.1, 0.15) is 17.7 Å². The summed E-state index contributed by atoms with van der Waals surface area (Å²) in [5, 5.41) is 23.8. The Kier molecular flexibility index (Phi) is 4.73. The number of hydrogen-bond acceptors (Lipinski definition) is 3. The van der Waals surface area contributed by atoms with Gasteiger partial charge < -0.3 is 4.57 Å². The van der Waals surface area contributed by atoms with E-state index in [1.807, 2.05) is 54.1 Å². The zero-order chi connectivity index (χ0) is 22.2. The third kappa shape index (κ3) is 3.12. The van der Waals surface area contributed by atoms with Gasteiger partial charge in [-0.3, -0.25) is 0 Å². The molecule has 154 valence electrons. The third-order valence-electron chi connectivity index (χ3n) is 6.05. The first-order chi connectivity index (χ1) is 15.6. The van der Waals surface area contributed by atoms with Crippen LogP contribution in [0.5, 0.6) is 0 Å². The highest BCUT2D eigenvalue weighted by molar-refractivity contribution is 5.84. The lowest BCUT2D eigenvalue weighted by Gasteiger charge is -2.16. The van der Waals surface area contributed by atoms with Crippen molar-refractivity contribution in [1.29, 1.82) is 10.5 Å². The molecule has 5 heteroatoms. The second-order valence-electron chi connectivity index (χ2n) is 8.06. The highest BCUT2D eigenvalue weighted by atomic mass is 15.3. The fourth-order valence-corrected chi connectivity index (χ4v) is 4.50. The largest absolute Gasteiger partial charge is 0.317 e. The van der Waals surface area contributed by atoms with Crippen molar-refractivity contribution in [2.24, 2.45) is 0 Å². The zero-order valence-corrected chi connectivity index (χ0v) is 18.0. The van der Waals surface area contributed by atoms with Crippen molar-refractivity contribution >= 4 is 6.08 Å². The zero-order valence-electron chi connectivity index (χ0n) is 18.0. The number of nitriles is 2. The molecule has 0 spiro atoms. The van der Waals surface area contributed by atoms with Gasteiger partial charge in [0, 0.05) is 34.4 Å². The normalized spacial score (nSPS) is 11.8. The number of rotatable bonds is 3. The van der Waals surface area contributed by atoms with Gasteiger partial charge in [-0.1, -0.05) is 35.9 Å². The fourth-order valence-electron chi connectivity index (χ4n) is 4.50. The van der Waals surface area contributed by atoms with E-state index in [1.165, 1.54) is 16.8 Å². The van der Waals surface area contributed by atoms with E-state index in [0.717, 1.165) is 46.7 Å². The number of allylic oxidation sites excluding steroid dienone is 1. The van der Waals surface area contributed by atoms with E-state index >= 15 is 0 Å². The summed E-state index contributed by atoms with van der Waals surface area (Å²) in [6, 6.07) is 22.5. The van der Waals surface area contributed by atoms with Crippen LogP contribution in [0.15, 0.2) is 66.4 Å². The number of para-hydroxylation sites is 1. The number of benzene rings is 2. The van der Waals surface area contributed by atoms with E-state index in [2.05, 4.69) is 42.0 Å². The molecule has 5 nitrogen and oxygen atoms in total. The van der Waals surface area contributed by atoms with Crippen molar-refractivity contribution in [3.63, 3.8) is 0 Å². The lowest BCUT2D eigenvalue weighted by Crippen LogP contribution is -2.08. The summed E-state index contributed by atoms with van der Waals surface area (Å²) in [4.78, 5) is 0. The molecule has 2 aromatic heterocycles. The van der Waals surface area contributed by atoms with Gasteiger partial charge >= 0.3 is 0 Å². The molecule has 0 atom stereocenters. The van der Waals surface area contributed by atoms with E-state index in [1.54, 1.807) is 6.08 Å². The summed E-state index contributed by atoms with van der Waals surface area (Å²) in [7, 11) is 0. The Morgan fingerprint density at radius 2 is 1.66 bits per heavy atom. The van der Waals surface area contributed by atoms with Gasteiger partial charge in [0.25, 0.3) is 0 Å². The minimum atomic E-state index is 0.0894. The monoisotopic (exact) mass is 415 g/mol. The summed E-state index contributed by atoms with van der Waals surface area (Å²) in [5.41, 5.74) is 9.54. The molecule has 1 aliphatic rings. The van der Waals surface area contributed by atoms with Crippen molar-refractivity contribution in [3.05, 3.63) is 94.4 Å². The lowest BCUT2D eigenvalue weighted by atomic mass is 9.92. The molecule has 2 heterocycles. The summed E-state index contributed by atoms with van der Waals surface area (Å²) in [5.74, 6) is 0. The van der Waals surface area contributed by atoms with Crippen LogP contribution in [0.25, 0.3) is 28.7 Å². The molecule has 4 aromatic rings. The fraction of sp³-hybridized carbons (Fsp3) is 0.148. The standard InChI is InChI=1S/C27H21N5/c1-18-8-11-23(12-9-18)32-19(2)24(14-20(15-28)16-29)26-25(32)13-10-21-17-31(30-27(21)26)22-6-4-3-5-7-22/h3-9,11-12,14,17H,10,13H2,1-2H3. The minimum absolute atomic E-state index is 0.0894. The van der Waals surface area contributed by atoms with E-state index < -0.39 is 0 Å². The molecular weight excluding hydrogens is 394 g/mol. The Labute approximate surface area is 187 Å². The number of aromatic nitrogens is 3. The third-order valence-corrected chi connectivity index (χ3v) is 6.05. The maximum atomic E-state index is 9.42.